The number of carbonyl (C=O) groups is 1. The van der Waals surface area contributed by atoms with E-state index in [0.29, 0.717) is 41.7 Å². The van der Waals surface area contributed by atoms with Crippen LogP contribution >= 0.6 is 11.8 Å². The summed E-state index contributed by atoms with van der Waals surface area (Å²) in [5, 5.41) is 9.17. The van der Waals surface area contributed by atoms with Crippen molar-refractivity contribution >= 4 is 33.3 Å². The van der Waals surface area contributed by atoms with Crippen molar-refractivity contribution in [3.8, 4) is 11.4 Å². The number of thioether (sulfide) groups is 1. The van der Waals surface area contributed by atoms with Gasteiger partial charge in [0, 0.05) is 18.7 Å². The number of furan rings is 1. The number of ketones is 1. The lowest BCUT2D eigenvalue weighted by Gasteiger charge is -2.18. The van der Waals surface area contributed by atoms with Crippen LogP contribution < -0.4 is 4.31 Å². The van der Waals surface area contributed by atoms with Crippen LogP contribution in [-0.4, -0.2) is 47.0 Å². The van der Waals surface area contributed by atoms with E-state index >= 15 is 0 Å². The molecule has 0 unspecified atom stereocenters. The van der Waals surface area contributed by atoms with E-state index in [1.54, 1.807) is 37.5 Å². The predicted molar refractivity (Wildman–Crippen MR) is 125 cm³/mol. The molecule has 168 valence electrons. The van der Waals surface area contributed by atoms with Crippen LogP contribution in [0.15, 0.2) is 52.8 Å². The van der Waals surface area contributed by atoms with Gasteiger partial charge < -0.3 is 4.42 Å². The number of Topliss-reactive ketones (excluding diaryl/α,β-unsaturated/α-hetero) is 1. The molecule has 0 bridgehead atoms. The van der Waals surface area contributed by atoms with Crippen molar-refractivity contribution in [2.24, 2.45) is 0 Å². The number of benzene rings is 1. The summed E-state index contributed by atoms with van der Waals surface area (Å²) in [5.74, 6) is 1.60. The van der Waals surface area contributed by atoms with Gasteiger partial charge in [-0.1, -0.05) is 17.8 Å². The molecule has 0 saturated heterocycles. The van der Waals surface area contributed by atoms with Gasteiger partial charge in [0.05, 0.1) is 29.0 Å². The molecular formula is C22H24N4O4S2. The van der Waals surface area contributed by atoms with Crippen molar-refractivity contribution in [2.45, 2.75) is 32.0 Å². The zero-order valence-electron chi connectivity index (χ0n) is 17.9. The minimum Gasteiger partial charge on any atom is -0.469 e. The Morgan fingerprint density at radius 3 is 2.81 bits per heavy atom. The predicted octanol–water partition coefficient (Wildman–Crippen LogP) is 3.72. The van der Waals surface area contributed by atoms with E-state index in [2.05, 4.69) is 16.8 Å². The van der Waals surface area contributed by atoms with E-state index in [-0.39, 0.29) is 17.3 Å². The fourth-order valence-electron chi connectivity index (χ4n) is 3.71. The highest BCUT2D eigenvalue weighted by atomic mass is 32.2. The maximum Gasteiger partial charge on any atom is 0.234 e. The summed E-state index contributed by atoms with van der Waals surface area (Å²) in [6.45, 7) is 8.22. The first-order valence-electron chi connectivity index (χ1n) is 10.2. The molecule has 1 aliphatic rings. The van der Waals surface area contributed by atoms with Gasteiger partial charge in [-0.25, -0.2) is 8.42 Å². The van der Waals surface area contributed by atoms with Gasteiger partial charge in [-0.3, -0.25) is 13.7 Å². The van der Waals surface area contributed by atoms with Gasteiger partial charge >= 0.3 is 0 Å². The molecule has 0 radical (unpaired) electrons. The number of hydrogen-bond donors (Lipinski definition) is 0. The van der Waals surface area contributed by atoms with Gasteiger partial charge in [0.2, 0.25) is 10.0 Å². The molecule has 3 heterocycles. The number of carbonyl (C=O) groups excluding carboxylic acids is 1. The van der Waals surface area contributed by atoms with Gasteiger partial charge in [0.25, 0.3) is 0 Å². The minimum atomic E-state index is -3.31. The molecule has 1 aromatic carbocycles. The van der Waals surface area contributed by atoms with Crippen molar-refractivity contribution in [3.63, 3.8) is 0 Å². The third kappa shape index (κ3) is 4.12. The quantitative estimate of drug-likeness (QED) is 0.266. The lowest BCUT2D eigenvalue weighted by Crippen LogP contribution is -2.30. The van der Waals surface area contributed by atoms with Gasteiger partial charge in [0.15, 0.2) is 16.8 Å². The van der Waals surface area contributed by atoms with Crippen LogP contribution in [0.2, 0.25) is 0 Å². The summed E-state index contributed by atoms with van der Waals surface area (Å²) in [4.78, 5) is 12.9. The van der Waals surface area contributed by atoms with Crippen molar-refractivity contribution < 1.29 is 17.6 Å². The topological polar surface area (TPSA) is 98.3 Å². The van der Waals surface area contributed by atoms with E-state index < -0.39 is 10.0 Å². The molecule has 0 fully saturated rings. The number of aryl methyl sites for hydroxylation is 1. The highest BCUT2D eigenvalue weighted by Crippen LogP contribution is 2.32. The van der Waals surface area contributed by atoms with E-state index in [1.807, 2.05) is 17.6 Å². The van der Waals surface area contributed by atoms with Gasteiger partial charge in [-0.2, -0.15) is 0 Å². The van der Waals surface area contributed by atoms with Crippen LogP contribution in [0.25, 0.3) is 11.4 Å². The summed E-state index contributed by atoms with van der Waals surface area (Å²) < 4.78 is 33.2. The number of allylic oxidation sites excluding steroid dienone is 1. The Balaban J connectivity index is 1.51. The Labute approximate surface area is 191 Å². The second-order valence-electron chi connectivity index (χ2n) is 7.37. The standard InChI is InChI=1S/C22H24N4O4S2/c1-4-10-25-21(18-9-12-30-15(18)3)23-24-22(25)31-14-20(27)17-6-7-19-16(13-17)8-11-26(19)32(28,29)5-2/h4,6-7,9,12-13H,1,5,8,10-11,14H2,2-3H3. The zero-order chi connectivity index (χ0) is 22.9. The normalized spacial score (nSPS) is 13.4. The molecule has 2 aromatic heterocycles. The summed E-state index contributed by atoms with van der Waals surface area (Å²) in [7, 11) is -3.31. The number of anilines is 1. The Hall–Kier alpha value is -2.85. The first-order valence-corrected chi connectivity index (χ1v) is 12.8. The van der Waals surface area contributed by atoms with Crippen LogP contribution in [0.5, 0.6) is 0 Å². The largest absolute Gasteiger partial charge is 0.469 e. The third-order valence-corrected chi connectivity index (χ3v) is 8.16. The lowest BCUT2D eigenvalue weighted by molar-refractivity contribution is 0.102. The number of nitrogens with zero attached hydrogens (tertiary/aromatic N) is 4. The molecule has 10 heteroatoms. The molecule has 8 nitrogen and oxygen atoms in total. The van der Waals surface area contributed by atoms with Crippen molar-refractivity contribution in [2.75, 3.05) is 22.4 Å². The molecular weight excluding hydrogens is 448 g/mol. The lowest BCUT2D eigenvalue weighted by atomic mass is 10.1. The molecule has 3 aromatic rings. The van der Waals surface area contributed by atoms with Crippen LogP contribution in [0.4, 0.5) is 5.69 Å². The first kappa shape index (κ1) is 22.3. The highest BCUT2D eigenvalue weighted by molar-refractivity contribution is 7.99. The molecule has 32 heavy (non-hydrogen) atoms. The first-order chi connectivity index (χ1) is 15.4. The Bertz CT molecular complexity index is 1280. The van der Waals surface area contributed by atoms with Crippen molar-refractivity contribution in [1.29, 1.82) is 0 Å². The molecule has 4 rings (SSSR count). The summed E-state index contributed by atoms with van der Waals surface area (Å²) in [5.41, 5.74) is 2.96. The van der Waals surface area contributed by atoms with E-state index in [1.165, 1.54) is 16.1 Å². The average molecular weight is 473 g/mol. The highest BCUT2D eigenvalue weighted by Gasteiger charge is 2.28. The Morgan fingerprint density at radius 1 is 1.31 bits per heavy atom. The van der Waals surface area contributed by atoms with Crippen LogP contribution in [-0.2, 0) is 23.0 Å². The third-order valence-electron chi connectivity index (χ3n) is 5.42. The van der Waals surface area contributed by atoms with Crippen LogP contribution in [0, 0.1) is 6.92 Å². The van der Waals surface area contributed by atoms with E-state index in [9.17, 15) is 13.2 Å². The molecule has 0 spiro atoms. The summed E-state index contributed by atoms with van der Waals surface area (Å²) in [6, 6.07) is 7.07. The van der Waals surface area contributed by atoms with Crippen LogP contribution in [0.1, 0.15) is 28.6 Å². The van der Waals surface area contributed by atoms with Gasteiger partial charge in [0.1, 0.15) is 5.76 Å². The summed E-state index contributed by atoms with van der Waals surface area (Å²) >= 11 is 1.31. The van der Waals surface area contributed by atoms with Gasteiger partial charge in [-0.15, -0.1) is 16.8 Å². The Morgan fingerprint density at radius 2 is 2.12 bits per heavy atom. The average Bonchev–Trinajstić information content (AvgIpc) is 3.50. The van der Waals surface area contributed by atoms with Crippen molar-refractivity contribution in [1.82, 2.24) is 14.8 Å². The minimum absolute atomic E-state index is 0.0511. The van der Waals surface area contributed by atoms with E-state index in [4.69, 9.17) is 4.42 Å². The summed E-state index contributed by atoms with van der Waals surface area (Å²) in [6.07, 6.45) is 3.96. The fraction of sp³-hybridized carbons (Fsp3) is 0.318. The smallest absolute Gasteiger partial charge is 0.234 e. The number of aromatic nitrogens is 3. The number of hydrogen-bond acceptors (Lipinski definition) is 7. The van der Waals surface area contributed by atoms with E-state index in [0.717, 1.165) is 16.9 Å². The Kier molecular flexibility index (Phi) is 6.25. The molecule has 0 N–H and O–H groups in total. The number of fused-ring (bicyclic) bond motifs is 1. The molecule has 0 atom stereocenters. The van der Waals surface area contributed by atoms with Crippen molar-refractivity contribution in [3.05, 3.63) is 60.1 Å². The monoisotopic (exact) mass is 472 g/mol. The zero-order valence-corrected chi connectivity index (χ0v) is 19.6. The number of sulfonamides is 1. The molecule has 1 aliphatic heterocycles. The SMILES string of the molecule is C=CCn1c(SCC(=O)c2ccc3c(c2)CCN3S(=O)(=O)CC)nnc1-c1ccoc1C. The van der Waals surface area contributed by atoms with Gasteiger partial charge in [-0.05, 0) is 50.1 Å². The van der Waals surface area contributed by atoms with Crippen LogP contribution in [0.3, 0.4) is 0 Å². The maximum atomic E-state index is 12.9. The second kappa shape index (κ2) is 8.95. The second-order valence-corrected chi connectivity index (χ2v) is 10.5. The molecule has 0 saturated carbocycles. The fourth-order valence-corrected chi connectivity index (χ4v) is 5.71. The molecule has 0 amide bonds. The maximum absolute atomic E-state index is 12.9. The molecule has 0 aliphatic carbocycles. The number of rotatable bonds is 9.